The van der Waals surface area contributed by atoms with E-state index in [1.807, 2.05) is 37.3 Å². The number of nitrogens with zero attached hydrogens (tertiary/aromatic N) is 2. The minimum absolute atomic E-state index is 0.176. The van der Waals surface area contributed by atoms with Crippen LogP contribution in [0.1, 0.15) is 41.5 Å². The van der Waals surface area contributed by atoms with Crippen LogP contribution in [-0.4, -0.2) is 27.1 Å². The van der Waals surface area contributed by atoms with Crippen molar-refractivity contribution in [2.75, 3.05) is 16.4 Å². The molecule has 3 aromatic rings. The van der Waals surface area contributed by atoms with Crippen molar-refractivity contribution in [3.63, 3.8) is 0 Å². The molecule has 2 amide bonds. The summed E-state index contributed by atoms with van der Waals surface area (Å²) < 4.78 is 2.18. The Morgan fingerprint density at radius 3 is 2.45 bits per heavy atom. The van der Waals surface area contributed by atoms with Gasteiger partial charge in [0.2, 0.25) is 5.91 Å². The van der Waals surface area contributed by atoms with E-state index in [1.165, 1.54) is 11.8 Å². The summed E-state index contributed by atoms with van der Waals surface area (Å²) in [6.45, 7) is 7.10. The quantitative estimate of drug-likeness (QED) is 0.447. The van der Waals surface area contributed by atoms with E-state index in [9.17, 15) is 9.59 Å². The van der Waals surface area contributed by atoms with Crippen molar-refractivity contribution in [3.8, 4) is 0 Å². The van der Waals surface area contributed by atoms with Crippen molar-refractivity contribution < 1.29 is 9.59 Å². The average Bonchev–Trinajstić information content (AvgIpc) is 3.04. The molecule has 0 aliphatic heterocycles. The predicted octanol–water partition coefficient (Wildman–Crippen LogP) is 5.28. The lowest BCUT2D eigenvalue weighted by Gasteiger charge is -2.12. The first-order valence-corrected chi connectivity index (χ1v) is 11.4. The van der Waals surface area contributed by atoms with Gasteiger partial charge in [-0.2, -0.15) is 0 Å². The van der Waals surface area contributed by atoms with Gasteiger partial charge in [0.15, 0.2) is 5.16 Å². The van der Waals surface area contributed by atoms with E-state index in [-0.39, 0.29) is 17.6 Å². The SMILES string of the molecule is CCCCn1c(SCC(=O)Nc2ccccc2C(=O)Nc2ccccc2)nc(C)c1C. The molecule has 0 aliphatic rings. The molecular formula is C24H28N4O2S. The second-order valence-electron chi connectivity index (χ2n) is 7.27. The fourth-order valence-electron chi connectivity index (χ4n) is 3.14. The van der Waals surface area contributed by atoms with Crippen LogP contribution in [0.15, 0.2) is 59.8 Å². The molecule has 0 unspecified atom stereocenters. The number of aromatic nitrogens is 2. The van der Waals surface area contributed by atoms with E-state index in [1.54, 1.807) is 24.3 Å². The summed E-state index contributed by atoms with van der Waals surface area (Å²) in [5.74, 6) is -0.224. The monoisotopic (exact) mass is 436 g/mol. The first-order chi connectivity index (χ1) is 15.0. The van der Waals surface area contributed by atoms with E-state index in [2.05, 4.69) is 34.0 Å². The van der Waals surface area contributed by atoms with E-state index < -0.39 is 0 Å². The van der Waals surface area contributed by atoms with E-state index in [0.717, 1.165) is 35.9 Å². The van der Waals surface area contributed by atoms with Crippen molar-refractivity contribution in [2.24, 2.45) is 0 Å². The number of thioether (sulfide) groups is 1. The summed E-state index contributed by atoms with van der Waals surface area (Å²) >= 11 is 1.42. The highest BCUT2D eigenvalue weighted by Gasteiger charge is 2.16. The maximum absolute atomic E-state index is 12.7. The number of hydrogen-bond acceptors (Lipinski definition) is 4. The minimum Gasteiger partial charge on any atom is -0.325 e. The maximum Gasteiger partial charge on any atom is 0.257 e. The Labute approximate surface area is 187 Å². The molecule has 0 atom stereocenters. The van der Waals surface area contributed by atoms with Gasteiger partial charge in [-0.3, -0.25) is 9.59 Å². The summed E-state index contributed by atoms with van der Waals surface area (Å²) in [6, 6.07) is 16.2. The number of carbonyl (C=O) groups is 2. The number of hydrogen-bond donors (Lipinski definition) is 2. The fraction of sp³-hybridized carbons (Fsp3) is 0.292. The van der Waals surface area contributed by atoms with E-state index >= 15 is 0 Å². The van der Waals surface area contributed by atoms with Gasteiger partial charge < -0.3 is 15.2 Å². The Morgan fingerprint density at radius 1 is 1.00 bits per heavy atom. The van der Waals surface area contributed by atoms with E-state index in [4.69, 9.17) is 0 Å². The molecule has 0 fully saturated rings. The van der Waals surface area contributed by atoms with Gasteiger partial charge in [0.1, 0.15) is 0 Å². The topological polar surface area (TPSA) is 76.0 Å². The number of amides is 2. The van der Waals surface area contributed by atoms with Gasteiger partial charge in [-0.25, -0.2) is 4.98 Å². The molecule has 162 valence electrons. The van der Waals surface area contributed by atoms with Crippen molar-refractivity contribution in [1.82, 2.24) is 9.55 Å². The first-order valence-electron chi connectivity index (χ1n) is 10.4. The van der Waals surface area contributed by atoms with Crippen LogP contribution < -0.4 is 10.6 Å². The second kappa shape index (κ2) is 10.8. The number of anilines is 2. The third-order valence-corrected chi connectivity index (χ3v) is 5.94. The van der Waals surface area contributed by atoms with Gasteiger partial charge in [-0.05, 0) is 44.5 Å². The Morgan fingerprint density at radius 2 is 1.71 bits per heavy atom. The molecule has 3 rings (SSSR count). The molecule has 2 N–H and O–H groups in total. The summed E-state index contributed by atoms with van der Waals surface area (Å²) in [6.07, 6.45) is 2.17. The Kier molecular flexibility index (Phi) is 7.89. The minimum atomic E-state index is -0.267. The smallest absolute Gasteiger partial charge is 0.257 e. The molecule has 0 saturated heterocycles. The van der Waals surface area contributed by atoms with Gasteiger partial charge in [0, 0.05) is 17.9 Å². The van der Waals surface area contributed by atoms with Crippen molar-refractivity contribution in [1.29, 1.82) is 0 Å². The van der Waals surface area contributed by atoms with Crippen molar-refractivity contribution in [2.45, 2.75) is 45.3 Å². The molecule has 31 heavy (non-hydrogen) atoms. The molecule has 6 nitrogen and oxygen atoms in total. The van der Waals surface area contributed by atoms with Crippen LogP contribution in [0, 0.1) is 13.8 Å². The van der Waals surface area contributed by atoms with E-state index in [0.29, 0.717) is 16.9 Å². The Balaban J connectivity index is 1.65. The number of imidazole rings is 1. The number of benzene rings is 2. The second-order valence-corrected chi connectivity index (χ2v) is 8.22. The highest BCUT2D eigenvalue weighted by molar-refractivity contribution is 7.99. The summed E-state index contributed by atoms with van der Waals surface area (Å²) in [4.78, 5) is 30.0. The van der Waals surface area contributed by atoms with Crippen LogP contribution in [0.4, 0.5) is 11.4 Å². The molecule has 1 heterocycles. The Bertz CT molecular complexity index is 1050. The normalized spacial score (nSPS) is 10.7. The van der Waals surface area contributed by atoms with Gasteiger partial charge >= 0.3 is 0 Å². The molecule has 0 bridgehead atoms. The molecule has 2 aromatic carbocycles. The lowest BCUT2D eigenvalue weighted by molar-refractivity contribution is -0.113. The molecule has 0 radical (unpaired) electrons. The largest absolute Gasteiger partial charge is 0.325 e. The first kappa shape index (κ1) is 22.6. The molecule has 0 aliphatic carbocycles. The van der Waals surface area contributed by atoms with Gasteiger partial charge in [0.25, 0.3) is 5.91 Å². The van der Waals surface area contributed by atoms with Crippen LogP contribution >= 0.6 is 11.8 Å². The lowest BCUT2D eigenvalue weighted by atomic mass is 10.1. The summed E-state index contributed by atoms with van der Waals surface area (Å²) in [5, 5.41) is 6.59. The molecule has 1 aromatic heterocycles. The summed E-state index contributed by atoms with van der Waals surface area (Å²) in [7, 11) is 0. The van der Waals surface area contributed by atoms with Gasteiger partial charge in [-0.1, -0.05) is 55.4 Å². The average molecular weight is 437 g/mol. The van der Waals surface area contributed by atoms with Crippen LogP contribution in [0.25, 0.3) is 0 Å². The van der Waals surface area contributed by atoms with Crippen molar-refractivity contribution >= 4 is 35.0 Å². The third-order valence-electron chi connectivity index (χ3n) is 4.97. The fourth-order valence-corrected chi connectivity index (χ4v) is 4.06. The Hall–Kier alpha value is -3.06. The summed E-state index contributed by atoms with van der Waals surface area (Å²) in [5.41, 5.74) is 3.74. The van der Waals surface area contributed by atoms with Gasteiger partial charge in [0.05, 0.1) is 22.7 Å². The number of carbonyl (C=O) groups excluding carboxylic acids is 2. The number of unbranched alkanes of at least 4 members (excludes halogenated alkanes) is 1. The molecule has 0 spiro atoms. The third kappa shape index (κ3) is 5.98. The van der Waals surface area contributed by atoms with Crippen molar-refractivity contribution in [3.05, 3.63) is 71.5 Å². The van der Waals surface area contributed by atoms with Crippen LogP contribution in [0.3, 0.4) is 0 Å². The molecular weight excluding hydrogens is 408 g/mol. The van der Waals surface area contributed by atoms with Crippen LogP contribution in [0.5, 0.6) is 0 Å². The number of para-hydroxylation sites is 2. The maximum atomic E-state index is 12.7. The number of nitrogens with one attached hydrogen (secondary N) is 2. The predicted molar refractivity (Wildman–Crippen MR) is 127 cm³/mol. The van der Waals surface area contributed by atoms with Crippen LogP contribution in [-0.2, 0) is 11.3 Å². The highest BCUT2D eigenvalue weighted by atomic mass is 32.2. The lowest BCUT2D eigenvalue weighted by Crippen LogP contribution is -2.19. The standard InChI is InChI=1S/C24H28N4O2S/c1-4-5-15-28-18(3)17(2)25-24(28)31-16-22(29)27-21-14-10-9-13-20(21)23(30)26-19-11-7-6-8-12-19/h6-14H,4-5,15-16H2,1-3H3,(H,26,30)(H,27,29). The zero-order chi connectivity index (χ0) is 22.2. The zero-order valence-corrected chi connectivity index (χ0v) is 19.0. The van der Waals surface area contributed by atoms with Crippen LogP contribution in [0.2, 0.25) is 0 Å². The zero-order valence-electron chi connectivity index (χ0n) is 18.1. The highest BCUT2D eigenvalue weighted by Crippen LogP contribution is 2.23. The molecule has 7 heteroatoms. The number of rotatable bonds is 9. The number of aryl methyl sites for hydroxylation is 1. The molecule has 0 saturated carbocycles. The van der Waals surface area contributed by atoms with Gasteiger partial charge in [-0.15, -0.1) is 0 Å².